The van der Waals surface area contributed by atoms with Gasteiger partial charge in [-0.2, -0.15) is 5.10 Å². The van der Waals surface area contributed by atoms with E-state index in [1.807, 2.05) is 24.9 Å². The quantitative estimate of drug-likeness (QED) is 0.907. The Morgan fingerprint density at radius 2 is 2.26 bits per heavy atom. The first kappa shape index (κ1) is 13.6. The van der Waals surface area contributed by atoms with Crippen molar-refractivity contribution in [1.29, 1.82) is 0 Å². The summed E-state index contributed by atoms with van der Waals surface area (Å²) in [4.78, 5) is 10.9. The van der Waals surface area contributed by atoms with E-state index in [-0.39, 0.29) is 5.56 Å². The van der Waals surface area contributed by atoms with Crippen LogP contribution in [0.2, 0.25) is 0 Å². The van der Waals surface area contributed by atoms with Crippen molar-refractivity contribution in [2.45, 2.75) is 13.5 Å². The van der Waals surface area contributed by atoms with Crippen LogP contribution in [0.3, 0.4) is 0 Å². The van der Waals surface area contributed by atoms with Crippen molar-refractivity contribution in [2.24, 2.45) is 7.05 Å². The van der Waals surface area contributed by atoms with Crippen molar-refractivity contribution in [1.82, 2.24) is 9.78 Å². The van der Waals surface area contributed by atoms with Crippen molar-refractivity contribution < 1.29 is 9.90 Å². The van der Waals surface area contributed by atoms with Gasteiger partial charge in [0.1, 0.15) is 0 Å². The predicted octanol–water partition coefficient (Wildman–Crippen LogP) is 2.80. The molecular weight excluding hydrogens is 310 g/mol. The maximum absolute atomic E-state index is 10.9. The van der Waals surface area contributed by atoms with E-state index >= 15 is 0 Å². The Morgan fingerprint density at radius 3 is 2.79 bits per heavy atom. The van der Waals surface area contributed by atoms with Gasteiger partial charge in [-0.3, -0.25) is 4.68 Å². The minimum Gasteiger partial charge on any atom is -0.478 e. The van der Waals surface area contributed by atoms with E-state index in [2.05, 4.69) is 26.3 Å². The number of nitrogens with one attached hydrogen (secondary N) is 1. The molecule has 5 nitrogen and oxygen atoms in total. The smallest absolute Gasteiger partial charge is 0.336 e. The summed E-state index contributed by atoms with van der Waals surface area (Å²) in [6.07, 6.45) is 1.82. The minimum atomic E-state index is -0.943. The lowest BCUT2D eigenvalue weighted by Gasteiger charge is -2.08. The molecule has 2 rings (SSSR count). The fourth-order valence-electron chi connectivity index (χ4n) is 1.71. The van der Waals surface area contributed by atoms with Crippen LogP contribution in [0.1, 0.15) is 21.6 Å². The molecule has 1 aromatic carbocycles. The predicted molar refractivity (Wildman–Crippen MR) is 76.4 cm³/mol. The maximum atomic E-state index is 10.9. The third kappa shape index (κ3) is 2.96. The number of aromatic nitrogens is 2. The first-order valence-electron chi connectivity index (χ1n) is 5.73. The van der Waals surface area contributed by atoms with Gasteiger partial charge >= 0.3 is 5.97 Å². The molecule has 0 unspecified atom stereocenters. The Labute approximate surface area is 119 Å². The van der Waals surface area contributed by atoms with E-state index < -0.39 is 5.97 Å². The number of hydrogen-bond donors (Lipinski definition) is 2. The van der Waals surface area contributed by atoms with Crippen LogP contribution in [0.25, 0.3) is 0 Å². The van der Waals surface area contributed by atoms with Gasteiger partial charge in [0.25, 0.3) is 0 Å². The zero-order valence-electron chi connectivity index (χ0n) is 10.6. The average Bonchev–Trinajstić information content (AvgIpc) is 2.67. The lowest BCUT2D eigenvalue weighted by Crippen LogP contribution is -2.03. The highest BCUT2D eigenvalue weighted by Gasteiger charge is 2.09. The van der Waals surface area contributed by atoms with E-state index in [0.29, 0.717) is 11.0 Å². The molecule has 0 fully saturated rings. The Hall–Kier alpha value is -1.82. The minimum absolute atomic E-state index is 0.253. The number of halogens is 1. The van der Waals surface area contributed by atoms with Gasteiger partial charge in [0.05, 0.1) is 11.8 Å². The zero-order valence-corrected chi connectivity index (χ0v) is 12.2. The molecule has 2 N–H and O–H groups in total. The number of carboxylic acids is 1. The van der Waals surface area contributed by atoms with Gasteiger partial charge in [-0.1, -0.05) is 0 Å². The monoisotopic (exact) mass is 323 g/mol. The highest BCUT2D eigenvalue weighted by molar-refractivity contribution is 9.10. The number of anilines is 1. The largest absolute Gasteiger partial charge is 0.478 e. The van der Waals surface area contributed by atoms with E-state index in [1.165, 1.54) is 0 Å². The van der Waals surface area contributed by atoms with Crippen LogP contribution in [0, 0.1) is 6.92 Å². The van der Waals surface area contributed by atoms with Crippen LogP contribution in [0.4, 0.5) is 5.69 Å². The first-order chi connectivity index (χ1) is 8.99. The van der Waals surface area contributed by atoms with E-state index in [9.17, 15) is 4.79 Å². The van der Waals surface area contributed by atoms with Gasteiger partial charge in [-0.15, -0.1) is 0 Å². The number of benzene rings is 1. The Morgan fingerprint density at radius 1 is 1.53 bits per heavy atom. The summed E-state index contributed by atoms with van der Waals surface area (Å²) in [5, 5.41) is 16.4. The summed E-state index contributed by atoms with van der Waals surface area (Å²) in [7, 11) is 1.90. The van der Waals surface area contributed by atoms with E-state index in [4.69, 9.17) is 5.11 Å². The molecule has 0 saturated heterocycles. The van der Waals surface area contributed by atoms with Crippen molar-refractivity contribution in [2.75, 3.05) is 5.32 Å². The van der Waals surface area contributed by atoms with Gasteiger partial charge < -0.3 is 10.4 Å². The second-order valence-corrected chi connectivity index (χ2v) is 5.09. The molecule has 2 aromatic rings. The van der Waals surface area contributed by atoms with Gasteiger partial charge in [-0.25, -0.2) is 4.79 Å². The van der Waals surface area contributed by atoms with Crippen LogP contribution in [0.5, 0.6) is 0 Å². The summed E-state index contributed by atoms with van der Waals surface area (Å²) in [5.41, 5.74) is 3.33. The molecule has 1 aromatic heterocycles. The number of nitrogens with zero attached hydrogens (tertiary/aromatic N) is 2. The molecule has 0 atom stereocenters. The van der Waals surface area contributed by atoms with Crippen LogP contribution in [-0.4, -0.2) is 20.9 Å². The number of carbonyl (C=O) groups is 1. The lowest BCUT2D eigenvalue weighted by molar-refractivity contribution is 0.0696. The summed E-state index contributed by atoms with van der Waals surface area (Å²) in [6, 6.07) is 5.08. The summed E-state index contributed by atoms with van der Waals surface area (Å²) >= 11 is 3.26. The SMILES string of the molecule is Cc1c(CNc2ccc(C(=O)O)c(Br)c2)cnn1C. The van der Waals surface area contributed by atoms with Crippen LogP contribution in [-0.2, 0) is 13.6 Å². The summed E-state index contributed by atoms with van der Waals surface area (Å²) in [5.74, 6) is -0.943. The Kier molecular flexibility index (Phi) is 3.90. The molecule has 0 aliphatic rings. The van der Waals surface area contributed by atoms with Crippen LogP contribution in [0.15, 0.2) is 28.9 Å². The van der Waals surface area contributed by atoms with E-state index in [0.717, 1.165) is 16.9 Å². The van der Waals surface area contributed by atoms with Crippen molar-refractivity contribution in [3.63, 3.8) is 0 Å². The summed E-state index contributed by atoms with van der Waals surface area (Å²) < 4.78 is 2.38. The Bertz CT molecular complexity index is 622. The fraction of sp³-hybridized carbons (Fsp3) is 0.231. The third-order valence-electron chi connectivity index (χ3n) is 3.02. The zero-order chi connectivity index (χ0) is 14.0. The molecule has 0 spiro atoms. The average molecular weight is 324 g/mol. The normalized spacial score (nSPS) is 10.5. The molecule has 0 bridgehead atoms. The topological polar surface area (TPSA) is 67.2 Å². The molecule has 0 aliphatic carbocycles. The number of rotatable bonds is 4. The highest BCUT2D eigenvalue weighted by Crippen LogP contribution is 2.22. The van der Waals surface area contributed by atoms with Crippen molar-refractivity contribution in [3.8, 4) is 0 Å². The van der Waals surface area contributed by atoms with Gasteiger partial charge in [0.15, 0.2) is 0 Å². The standard InChI is InChI=1S/C13H14BrN3O2/c1-8-9(7-16-17(8)2)6-15-10-3-4-11(13(18)19)12(14)5-10/h3-5,7,15H,6H2,1-2H3,(H,18,19). The highest BCUT2D eigenvalue weighted by atomic mass is 79.9. The molecule has 0 radical (unpaired) electrons. The number of aromatic carboxylic acids is 1. The lowest BCUT2D eigenvalue weighted by atomic mass is 10.2. The molecule has 0 saturated carbocycles. The molecular formula is C13H14BrN3O2. The molecule has 1 heterocycles. The number of hydrogen-bond acceptors (Lipinski definition) is 3. The van der Waals surface area contributed by atoms with Crippen LogP contribution >= 0.6 is 15.9 Å². The van der Waals surface area contributed by atoms with E-state index in [1.54, 1.807) is 18.2 Å². The van der Waals surface area contributed by atoms with Gasteiger partial charge in [0.2, 0.25) is 0 Å². The first-order valence-corrected chi connectivity index (χ1v) is 6.52. The van der Waals surface area contributed by atoms with Gasteiger partial charge in [-0.05, 0) is 41.1 Å². The molecule has 100 valence electrons. The number of aryl methyl sites for hydroxylation is 1. The molecule has 0 amide bonds. The Balaban J connectivity index is 2.10. The van der Waals surface area contributed by atoms with Gasteiger partial charge in [0, 0.05) is 35.0 Å². The van der Waals surface area contributed by atoms with Crippen molar-refractivity contribution in [3.05, 3.63) is 45.7 Å². The fourth-order valence-corrected chi connectivity index (χ4v) is 2.26. The molecule has 6 heteroatoms. The molecule has 19 heavy (non-hydrogen) atoms. The van der Waals surface area contributed by atoms with Crippen molar-refractivity contribution >= 4 is 27.6 Å². The molecule has 0 aliphatic heterocycles. The second-order valence-electron chi connectivity index (χ2n) is 4.23. The summed E-state index contributed by atoms with van der Waals surface area (Å²) in [6.45, 7) is 2.66. The third-order valence-corrected chi connectivity index (χ3v) is 3.68. The maximum Gasteiger partial charge on any atom is 0.336 e. The second kappa shape index (κ2) is 5.44. The number of carboxylic acid groups (broad SMARTS) is 1. The van der Waals surface area contributed by atoms with Crippen LogP contribution < -0.4 is 5.32 Å².